The molecule has 2 saturated heterocycles. The van der Waals surface area contributed by atoms with Gasteiger partial charge in [0, 0.05) is 26.7 Å². The molecule has 0 atom stereocenters. The molecule has 2 aliphatic heterocycles. The van der Waals surface area contributed by atoms with E-state index < -0.39 is 0 Å². The van der Waals surface area contributed by atoms with Gasteiger partial charge in [0.15, 0.2) is 5.96 Å². The molecule has 3 rings (SSSR count). The highest BCUT2D eigenvalue weighted by atomic mass is 15.2. The Morgan fingerprint density at radius 2 is 1.43 bits per heavy atom. The molecular weight excluding hydrogens is 346 g/mol. The maximum atomic E-state index is 4.36. The second-order valence-corrected chi connectivity index (χ2v) is 8.26. The third kappa shape index (κ3) is 7.44. The number of aliphatic imine (C=N–C) groups is 1. The first kappa shape index (κ1) is 21.1. The minimum atomic E-state index is 0.815. The lowest BCUT2D eigenvalue weighted by Crippen LogP contribution is -2.38. The molecule has 0 radical (unpaired) electrons. The van der Waals surface area contributed by atoms with Crippen molar-refractivity contribution in [2.75, 3.05) is 46.3 Å². The highest BCUT2D eigenvalue weighted by Gasteiger charge is 2.11. The zero-order valence-electron chi connectivity index (χ0n) is 17.8. The van der Waals surface area contributed by atoms with Gasteiger partial charge in [0.25, 0.3) is 0 Å². The van der Waals surface area contributed by atoms with Crippen molar-refractivity contribution < 1.29 is 0 Å². The van der Waals surface area contributed by atoms with Gasteiger partial charge in [-0.1, -0.05) is 37.1 Å². The predicted octanol–water partition coefficient (Wildman–Crippen LogP) is 3.21. The van der Waals surface area contributed by atoms with Gasteiger partial charge < -0.3 is 15.5 Å². The summed E-state index contributed by atoms with van der Waals surface area (Å²) >= 11 is 0. The van der Waals surface area contributed by atoms with Gasteiger partial charge in [0.1, 0.15) is 0 Å². The number of rotatable bonds is 8. The fourth-order valence-corrected chi connectivity index (χ4v) is 4.24. The van der Waals surface area contributed by atoms with Crippen molar-refractivity contribution in [3.05, 3.63) is 35.4 Å². The molecule has 2 fully saturated rings. The van der Waals surface area contributed by atoms with E-state index in [-0.39, 0.29) is 0 Å². The number of nitrogens with one attached hydrogen (secondary N) is 2. The Morgan fingerprint density at radius 3 is 2.11 bits per heavy atom. The molecule has 5 heteroatoms. The number of nitrogens with zero attached hydrogens (tertiary/aromatic N) is 3. The highest BCUT2D eigenvalue weighted by Crippen LogP contribution is 2.13. The van der Waals surface area contributed by atoms with E-state index in [0.29, 0.717) is 0 Å². The quantitative estimate of drug-likeness (QED) is 0.410. The van der Waals surface area contributed by atoms with Crippen molar-refractivity contribution in [3.63, 3.8) is 0 Å². The van der Waals surface area contributed by atoms with E-state index in [1.807, 2.05) is 7.05 Å². The van der Waals surface area contributed by atoms with Crippen molar-refractivity contribution in [1.29, 1.82) is 0 Å². The predicted molar refractivity (Wildman–Crippen MR) is 119 cm³/mol. The van der Waals surface area contributed by atoms with Crippen LogP contribution in [0.1, 0.15) is 56.1 Å². The van der Waals surface area contributed by atoms with Gasteiger partial charge in [-0.05, 0) is 76.0 Å². The molecule has 0 unspecified atom stereocenters. The smallest absolute Gasteiger partial charge is 0.191 e. The molecule has 1 aromatic carbocycles. The van der Waals surface area contributed by atoms with Gasteiger partial charge in [0.05, 0.1) is 0 Å². The molecular formula is C23H39N5. The van der Waals surface area contributed by atoms with Crippen LogP contribution in [0.25, 0.3) is 0 Å². The van der Waals surface area contributed by atoms with Crippen molar-refractivity contribution in [1.82, 2.24) is 20.4 Å². The van der Waals surface area contributed by atoms with Crippen molar-refractivity contribution in [3.8, 4) is 0 Å². The van der Waals surface area contributed by atoms with Crippen molar-refractivity contribution in [2.24, 2.45) is 4.99 Å². The zero-order valence-corrected chi connectivity index (χ0v) is 17.8. The van der Waals surface area contributed by atoms with Crippen LogP contribution in [-0.2, 0) is 13.1 Å². The molecule has 156 valence electrons. The maximum Gasteiger partial charge on any atom is 0.191 e. The first-order chi connectivity index (χ1) is 13.8. The Kier molecular flexibility index (Phi) is 9.11. The maximum absolute atomic E-state index is 4.36. The zero-order chi connectivity index (χ0) is 19.4. The van der Waals surface area contributed by atoms with Gasteiger partial charge in [-0.2, -0.15) is 0 Å². The molecule has 2 heterocycles. The van der Waals surface area contributed by atoms with Crippen molar-refractivity contribution in [2.45, 2.75) is 58.0 Å². The fourth-order valence-electron chi connectivity index (χ4n) is 4.24. The van der Waals surface area contributed by atoms with Gasteiger partial charge in [0.2, 0.25) is 0 Å². The molecule has 5 nitrogen and oxygen atoms in total. The van der Waals surface area contributed by atoms with Crippen LogP contribution >= 0.6 is 0 Å². The minimum Gasteiger partial charge on any atom is -0.356 e. The number of guanidine groups is 1. The number of likely N-dealkylation sites (tertiary alicyclic amines) is 2. The Hall–Kier alpha value is -1.59. The second-order valence-electron chi connectivity index (χ2n) is 8.26. The number of hydrogen-bond donors (Lipinski definition) is 2. The monoisotopic (exact) mass is 385 g/mol. The third-order valence-corrected chi connectivity index (χ3v) is 5.95. The summed E-state index contributed by atoms with van der Waals surface area (Å²) in [5.41, 5.74) is 2.72. The van der Waals surface area contributed by atoms with E-state index >= 15 is 0 Å². The van der Waals surface area contributed by atoms with E-state index in [1.165, 1.54) is 88.8 Å². The Labute approximate surface area is 171 Å². The van der Waals surface area contributed by atoms with Gasteiger partial charge in [-0.15, -0.1) is 0 Å². The van der Waals surface area contributed by atoms with E-state index in [9.17, 15) is 0 Å². The molecule has 0 bridgehead atoms. The van der Waals surface area contributed by atoms with E-state index in [1.54, 1.807) is 0 Å². The van der Waals surface area contributed by atoms with Crippen molar-refractivity contribution >= 4 is 5.96 Å². The summed E-state index contributed by atoms with van der Waals surface area (Å²) in [6.07, 6.45) is 9.43. The number of benzene rings is 1. The molecule has 0 spiro atoms. The lowest BCUT2D eigenvalue weighted by molar-refractivity contribution is 0.282. The summed E-state index contributed by atoms with van der Waals surface area (Å²) in [4.78, 5) is 9.53. The Bertz CT molecular complexity index is 569. The largest absolute Gasteiger partial charge is 0.356 e. The first-order valence-electron chi connectivity index (χ1n) is 11.3. The average molecular weight is 386 g/mol. The van der Waals surface area contributed by atoms with Crippen LogP contribution in [0.4, 0.5) is 0 Å². The normalized spacial score (nSPS) is 19.5. The van der Waals surface area contributed by atoms with Crippen LogP contribution in [0.5, 0.6) is 0 Å². The van der Waals surface area contributed by atoms with Gasteiger partial charge >= 0.3 is 0 Å². The summed E-state index contributed by atoms with van der Waals surface area (Å²) in [7, 11) is 1.85. The van der Waals surface area contributed by atoms with E-state index in [4.69, 9.17) is 0 Å². The Balaban J connectivity index is 1.32. The van der Waals surface area contributed by atoms with E-state index in [0.717, 1.165) is 25.6 Å². The number of hydrogen-bond acceptors (Lipinski definition) is 3. The van der Waals surface area contributed by atoms with Crippen LogP contribution in [0, 0.1) is 0 Å². The molecule has 0 aromatic heterocycles. The summed E-state index contributed by atoms with van der Waals surface area (Å²) < 4.78 is 0. The highest BCUT2D eigenvalue weighted by molar-refractivity contribution is 5.79. The molecule has 2 N–H and O–H groups in total. The summed E-state index contributed by atoms with van der Waals surface area (Å²) in [5, 5.41) is 6.90. The van der Waals surface area contributed by atoms with Crippen LogP contribution in [-0.4, -0.2) is 62.1 Å². The van der Waals surface area contributed by atoms with Crippen LogP contribution in [0.15, 0.2) is 29.3 Å². The topological polar surface area (TPSA) is 42.9 Å². The fraction of sp³-hybridized carbons (Fsp3) is 0.696. The second kappa shape index (κ2) is 12.1. The lowest BCUT2D eigenvalue weighted by Gasteiger charge is -2.20. The van der Waals surface area contributed by atoms with Crippen LogP contribution in [0.2, 0.25) is 0 Å². The van der Waals surface area contributed by atoms with Gasteiger partial charge in [-0.3, -0.25) is 9.89 Å². The molecule has 2 aliphatic rings. The lowest BCUT2D eigenvalue weighted by atomic mass is 10.1. The summed E-state index contributed by atoms with van der Waals surface area (Å²) in [6.45, 7) is 9.14. The molecule has 0 aliphatic carbocycles. The summed E-state index contributed by atoms with van der Waals surface area (Å²) in [6, 6.07) is 9.02. The van der Waals surface area contributed by atoms with E-state index in [2.05, 4.69) is 49.7 Å². The average Bonchev–Trinajstić information content (AvgIpc) is 3.09. The standard InChI is InChI=1S/C23H39N5/c1-24-23(25-13-8-18-27-14-4-2-3-5-15-27)26-19-21-9-11-22(12-10-21)20-28-16-6-7-17-28/h9-12H,2-8,13-20H2,1H3,(H2,24,25,26). The van der Waals surface area contributed by atoms with Crippen LogP contribution in [0.3, 0.4) is 0 Å². The first-order valence-corrected chi connectivity index (χ1v) is 11.3. The minimum absolute atomic E-state index is 0.815. The Morgan fingerprint density at radius 1 is 0.821 bits per heavy atom. The molecule has 1 aromatic rings. The summed E-state index contributed by atoms with van der Waals surface area (Å²) in [5.74, 6) is 0.900. The molecule has 0 amide bonds. The van der Waals surface area contributed by atoms with Crippen LogP contribution < -0.4 is 10.6 Å². The molecule has 28 heavy (non-hydrogen) atoms. The molecule has 0 saturated carbocycles. The SMILES string of the molecule is CN=C(NCCCN1CCCCCC1)NCc1ccc(CN2CCCC2)cc1. The van der Waals surface area contributed by atoms with Gasteiger partial charge in [-0.25, -0.2) is 0 Å². The third-order valence-electron chi connectivity index (χ3n) is 5.95.